The normalized spacial score (nSPS) is 10.5. The molecule has 0 atom stereocenters. The predicted octanol–water partition coefficient (Wildman–Crippen LogP) is 0.526. The van der Waals surface area contributed by atoms with E-state index in [1.54, 1.807) is 12.1 Å². The van der Waals surface area contributed by atoms with Gasteiger partial charge < -0.3 is 5.73 Å². The van der Waals surface area contributed by atoms with E-state index in [4.69, 9.17) is 17.3 Å². The molecule has 0 saturated carbocycles. The van der Waals surface area contributed by atoms with E-state index in [0.717, 1.165) is 0 Å². The SMILES string of the molecule is CNS(=O)(=O)Nc1cc(Cl)ccc1C#CCN. The van der Waals surface area contributed by atoms with E-state index in [1.807, 2.05) is 0 Å². The summed E-state index contributed by atoms with van der Waals surface area (Å²) in [4.78, 5) is 0. The fourth-order valence-electron chi connectivity index (χ4n) is 1.05. The molecule has 0 heterocycles. The largest absolute Gasteiger partial charge is 0.320 e. The molecule has 4 N–H and O–H groups in total. The van der Waals surface area contributed by atoms with E-state index in [1.165, 1.54) is 13.1 Å². The summed E-state index contributed by atoms with van der Waals surface area (Å²) in [5, 5.41) is 0.414. The summed E-state index contributed by atoms with van der Waals surface area (Å²) in [6.45, 7) is 0.195. The Morgan fingerprint density at radius 2 is 2.18 bits per heavy atom. The minimum atomic E-state index is -3.59. The highest BCUT2D eigenvalue weighted by Gasteiger charge is 2.09. The van der Waals surface area contributed by atoms with Crippen molar-refractivity contribution < 1.29 is 8.42 Å². The third-order valence-corrected chi connectivity index (χ3v) is 3.08. The lowest BCUT2D eigenvalue weighted by Crippen LogP contribution is -2.26. The lowest BCUT2D eigenvalue weighted by atomic mass is 10.2. The highest BCUT2D eigenvalue weighted by atomic mass is 35.5. The van der Waals surface area contributed by atoms with Crippen molar-refractivity contribution in [1.82, 2.24) is 4.72 Å². The van der Waals surface area contributed by atoms with Gasteiger partial charge in [0.2, 0.25) is 0 Å². The molecule has 0 aromatic heterocycles. The first-order chi connectivity index (χ1) is 7.98. The van der Waals surface area contributed by atoms with E-state index >= 15 is 0 Å². The Morgan fingerprint density at radius 1 is 1.47 bits per heavy atom. The van der Waals surface area contributed by atoms with E-state index in [0.29, 0.717) is 16.3 Å². The van der Waals surface area contributed by atoms with Crippen molar-refractivity contribution in [2.75, 3.05) is 18.3 Å². The van der Waals surface area contributed by atoms with Gasteiger partial charge in [-0.1, -0.05) is 23.4 Å². The number of rotatable bonds is 3. The van der Waals surface area contributed by atoms with Gasteiger partial charge in [0, 0.05) is 17.6 Å². The molecule has 0 aliphatic heterocycles. The molecule has 0 radical (unpaired) electrons. The average molecular weight is 274 g/mol. The summed E-state index contributed by atoms with van der Waals surface area (Å²) in [5.41, 5.74) is 6.08. The molecule has 7 heteroatoms. The van der Waals surface area contributed by atoms with E-state index in [9.17, 15) is 8.42 Å². The van der Waals surface area contributed by atoms with Gasteiger partial charge in [0.25, 0.3) is 10.2 Å². The maximum absolute atomic E-state index is 11.4. The van der Waals surface area contributed by atoms with E-state index in [-0.39, 0.29) is 6.54 Å². The minimum absolute atomic E-state index is 0.195. The van der Waals surface area contributed by atoms with Crippen molar-refractivity contribution in [1.29, 1.82) is 0 Å². The van der Waals surface area contributed by atoms with E-state index < -0.39 is 10.2 Å². The highest BCUT2D eigenvalue weighted by Crippen LogP contribution is 2.21. The number of hydrogen-bond donors (Lipinski definition) is 3. The standard InChI is InChI=1S/C10H12ClN3O2S/c1-13-17(15,16)14-10-7-9(11)5-4-8(10)3-2-6-12/h4-5,7,13-14H,6,12H2,1H3. The Kier molecular flexibility index (Phi) is 4.78. The number of hydrogen-bond acceptors (Lipinski definition) is 3. The van der Waals surface area contributed by atoms with Gasteiger partial charge in [0.15, 0.2) is 0 Å². The number of nitrogens with one attached hydrogen (secondary N) is 2. The molecule has 0 bridgehead atoms. The van der Waals surface area contributed by atoms with Crippen molar-refractivity contribution in [3.8, 4) is 11.8 Å². The van der Waals surface area contributed by atoms with Crippen LogP contribution < -0.4 is 15.2 Å². The molecular weight excluding hydrogens is 262 g/mol. The van der Waals surface area contributed by atoms with Crippen LogP contribution in [0.1, 0.15) is 5.56 Å². The molecule has 1 aromatic rings. The lowest BCUT2D eigenvalue weighted by Gasteiger charge is -2.08. The highest BCUT2D eigenvalue weighted by molar-refractivity contribution is 7.90. The number of anilines is 1. The second-order valence-corrected chi connectivity index (χ2v) is 5.06. The molecule has 1 aromatic carbocycles. The minimum Gasteiger partial charge on any atom is -0.320 e. The molecule has 17 heavy (non-hydrogen) atoms. The third kappa shape index (κ3) is 4.24. The zero-order valence-electron chi connectivity index (χ0n) is 9.12. The topological polar surface area (TPSA) is 84.2 Å². The van der Waals surface area contributed by atoms with Crippen molar-refractivity contribution in [3.05, 3.63) is 28.8 Å². The monoisotopic (exact) mass is 273 g/mol. The summed E-state index contributed by atoms with van der Waals surface area (Å²) in [5.74, 6) is 5.41. The number of benzene rings is 1. The Bertz CT molecular complexity index is 561. The number of halogens is 1. The van der Waals surface area contributed by atoms with Crippen molar-refractivity contribution in [2.24, 2.45) is 5.73 Å². The second-order valence-electron chi connectivity index (χ2n) is 3.01. The van der Waals surface area contributed by atoms with Crippen molar-refractivity contribution in [3.63, 3.8) is 0 Å². The van der Waals surface area contributed by atoms with Crippen LogP contribution in [0.3, 0.4) is 0 Å². The molecule has 0 unspecified atom stereocenters. The van der Waals surface area contributed by atoms with Crippen LogP contribution in [0.15, 0.2) is 18.2 Å². The molecule has 1 rings (SSSR count). The Morgan fingerprint density at radius 3 is 2.76 bits per heavy atom. The van der Waals surface area contributed by atoms with Crippen LogP contribution in [0, 0.1) is 11.8 Å². The molecule has 0 aliphatic carbocycles. The van der Waals surface area contributed by atoms with Crippen molar-refractivity contribution in [2.45, 2.75) is 0 Å². The van der Waals surface area contributed by atoms with Crippen LogP contribution in [0.25, 0.3) is 0 Å². The molecule has 0 fully saturated rings. The molecule has 0 saturated heterocycles. The molecule has 0 spiro atoms. The first-order valence-electron chi connectivity index (χ1n) is 4.68. The van der Waals surface area contributed by atoms with Gasteiger partial charge in [-0.15, -0.1) is 0 Å². The van der Waals surface area contributed by atoms with Crippen LogP contribution in [-0.4, -0.2) is 22.0 Å². The van der Waals surface area contributed by atoms with Gasteiger partial charge in [0.1, 0.15) is 0 Å². The van der Waals surface area contributed by atoms with Crippen LogP contribution in [0.4, 0.5) is 5.69 Å². The quantitative estimate of drug-likeness (QED) is 0.702. The molecular formula is C10H12ClN3O2S. The molecule has 0 amide bonds. The van der Waals surface area contributed by atoms with Gasteiger partial charge in [-0.2, -0.15) is 8.42 Å². The fraction of sp³-hybridized carbons (Fsp3) is 0.200. The lowest BCUT2D eigenvalue weighted by molar-refractivity contribution is 0.593. The summed E-state index contributed by atoms with van der Waals surface area (Å²) < 4.78 is 27.2. The maximum Gasteiger partial charge on any atom is 0.298 e. The van der Waals surface area contributed by atoms with Crippen LogP contribution in [0.2, 0.25) is 5.02 Å². The zero-order valence-corrected chi connectivity index (χ0v) is 10.7. The first-order valence-corrected chi connectivity index (χ1v) is 6.54. The summed E-state index contributed by atoms with van der Waals surface area (Å²) >= 11 is 5.79. The Balaban J connectivity index is 3.16. The Hall–Kier alpha value is -1.26. The van der Waals surface area contributed by atoms with Crippen molar-refractivity contribution >= 4 is 27.5 Å². The van der Waals surface area contributed by atoms with Crippen LogP contribution in [0.5, 0.6) is 0 Å². The fourth-order valence-corrected chi connectivity index (χ4v) is 1.78. The molecule has 0 aliphatic rings. The van der Waals surface area contributed by atoms with Gasteiger partial charge in [-0.05, 0) is 18.2 Å². The smallest absolute Gasteiger partial charge is 0.298 e. The summed E-state index contributed by atoms with van der Waals surface area (Å²) in [7, 11) is -2.29. The molecule has 92 valence electrons. The first kappa shape index (κ1) is 13.8. The average Bonchev–Trinajstić information content (AvgIpc) is 2.28. The predicted molar refractivity (Wildman–Crippen MR) is 69.0 cm³/mol. The van der Waals surface area contributed by atoms with Crippen LogP contribution >= 0.6 is 11.6 Å². The van der Waals surface area contributed by atoms with Gasteiger partial charge in [0.05, 0.1) is 12.2 Å². The van der Waals surface area contributed by atoms with Crippen LogP contribution in [-0.2, 0) is 10.2 Å². The maximum atomic E-state index is 11.4. The number of nitrogens with two attached hydrogens (primary N) is 1. The van der Waals surface area contributed by atoms with Gasteiger partial charge in [-0.25, -0.2) is 4.72 Å². The summed E-state index contributed by atoms with van der Waals surface area (Å²) in [6.07, 6.45) is 0. The third-order valence-electron chi connectivity index (χ3n) is 1.82. The summed E-state index contributed by atoms with van der Waals surface area (Å²) in [6, 6.07) is 4.73. The Labute approximate surface area is 106 Å². The van der Waals surface area contributed by atoms with Gasteiger partial charge in [-0.3, -0.25) is 4.72 Å². The second kappa shape index (κ2) is 5.89. The van der Waals surface area contributed by atoms with Gasteiger partial charge >= 0.3 is 0 Å². The zero-order chi connectivity index (χ0) is 12.9. The molecule has 5 nitrogen and oxygen atoms in total. The van der Waals surface area contributed by atoms with E-state index in [2.05, 4.69) is 21.3 Å².